The van der Waals surface area contributed by atoms with E-state index in [9.17, 15) is 0 Å². The van der Waals surface area contributed by atoms with E-state index >= 15 is 0 Å². The number of rotatable bonds is 0. The summed E-state index contributed by atoms with van der Waals surface area (Å²) in [5.74, 6) is 0. The van der Waals surface area contributed by atoms with Crippen LogP contribution in [0.4, 0.5) is 0 Å². The number of likely N-dealkylation sites (N-methyl/N-ethyl adjacent to an activating group) is 2. The molecule has 10 heavy (non-hydrogen) atoms. The maximum Gasteiger partial charge on any atom is 0.0639 e. The zero-order valence-electron chi connectivity index (χ0n) is 6.58. The van der Waals surface area contributed by atoms with E-state index in [4.69, 9.17) is 4.74 Å². The van der Waals surface area contributed by atoms with E-state index in [1.807, 2.05) is 0 Å². The molecule has 0 bridgehead atoms. The number of ether oxygens (including phenoxy) is 1. The first-order valence-electron chi connectivity index (χ1n) is 3.77. The van der Waals surface area contributed by atoms with Crippen molar-refractivity contribution in [1.29, 1.82) is 0 Å². The molecule has 58 valence electrons. The van der Waals surface area contributed by atoms with Crippen molar-refractivity contribution in [2.75, 3.05) is 34.0 Å². The van der Waals surface area contributed by atoms with Gasteiger partial charge in [0.15, 0.2) is 0 Å². The second-order valence-corrected chi connectivity index (χ2v) is 3.33. The first kappa shape index (κ1) is 6.58. The van der Waals surface area contributed by atoms with Gasteiger partial charge in [-0.3, -0.25) is 9.80 Å². The molecule has 0 radical (unpaired) electrons. The maximum atomic E-state index is 5.37. The van der Waals surface area contributed by atoms with Crippen LogP contribution in [0, 0.1) is 0 Å². The number of fused-ring (bicyclic) bond motifs is 1. The van der Waals surface area contributed by atoms with Gasteiger partial charge in [0.25, 0.3) is 0 Å². The zero-order chi connectivity index (χ0) is 7.14. The average Bonchev–Trinajstić information content (AvgIpc) is 2.39. The fraction of sp³-hybridized carbons (Fsp3) is 1.00. The highest BCUT2D eigenvalue weighted by atomic mass is 16.5. The number of nitrogens with zero attached hydrogens (tertiary/aromatic N) is 2. The van der Waals surface area contributed by atoms with Crippen molar-refractivity contribution in [3.63, 3.8) is 0 Å². The molecule has 3 heteroatoms. The molecule has 0 N–H and O–H groups in total. The van der Waals surface area contributed by atoms with Crippen LogP contribution < -0.4 is 0 Å². The monoisotopic (exact) mass is 142 g/mol. The van der Waals surface area contributed by atoms with Gasteiger partial charge in [-0.25, -0.2) is 0 Å². The third kappa shape index (κ3) is 0.779. The molecule has 2 saturated heterocycles. The minimum absolute atomic E-state index is 0.657. The Balaban J connectivity index is 2.11. The molecule has 0 aromatic carbocycles. The Bertz CT molecular complexity index is 126. The predicted octanol–water partition coefficient (Wildman–Crippen LogP) is -0.412. The molecule has 0 aliphatic carbocycles. The second kappa shape index (κ2) is 2.19. The van der Waals surface area contributed by atoms with Gasteiger partial charge in [0.2, 0.25) is 0 Å². The lowest BCUT2D eigenvalue weighted by Crippen LogP contribution is -2.33. The van der Waals surface area contributed by atoms with E-state index in [-0.39, 0.29) is 0 Å². The van der Waals surface area contributed by atoms with Crippen LogP contribution in [0.1, 0.15) is 0 Å². The Morgan fingerprint density at radius 2 is 1.60 bits per heavy atom. The summed E-state index contributed by atoms with van der Waals surface area (Å²) in [6.07, 6.45) is 0. The molecule has 2 unspecified atom stereocenters. The molecule has 2 aliphatic heterocycles. The first-order valence-corrected chi connectivity index (χ1v) is 3.77. The molecule has 2 fully saturated rings. The quantitative estimate of drug-likeness (QED) is 0.457. The van der Waals surface area contributed by atoms with Gasteiger partial charge < -0.3 is 4.74 Å². The summed E-state index contributed by atoms with van der Waals surface area (Å²) in [7, 11) is 4.33. The lowest BCUT2D eigenvalue weighted by Gasteiger charge is -2.13. The Morgan fingerprint density at radius 3 is 2.10 bits per heavy atom. The van der Waals surface area contributed by atoms with Crippen LogP contribution in [0.3, 0.4) is 0 Å². The summed E-state index contributed by atoms with van der Waals surface area (Å²) in [5, 5.41) is 0. The van der Waals surface area contributed by atoms with E-state index in [1.165, 1.54) is 0 Å². The van der Waals surface area contributed by atoms with Crippen LogP contribution in [0.2, 0.25) is 0 Å². The lowest BCUT2D eigenvalue weighted by atomic mass is 10.2. The van der Waals surface area contributed by atoms with Gasteiger partial charge in [-0.05, 0) is 14.1 Å². The van der Waals surface area contributed by atoms with Crippen LogP contribution in [0.5, 0.6) is 0 Å². The highest BCUT2D eigenvalue weighted by Gasteiger charge is 2.39. The fourth-order valence-electron chi connectivity index (χ4n) is 1.94. The highest BCUT2D eigenvalue weighted by molar-refractivity contribution is 4.93. The van der Waals surface area contributed by atoms with E-state index < -0.39 is 0 Å². The smallest absolute Gasteiger partial charge is 0.0639 e. The number of hydrogen-bond donors (Lipinski definition) is 0. The van der Waals surface area contributed by atoms with Crippen LogP contribution in [0.15, 0.2) is 0 Å². The second-order valence-electron chi connectivity index (χ2n) is 3.33. The molecule has 0 saturated carbocycles. The fourth-order valence-corrected chi connectivity index (χ4v) is 1.94. The SMILES string of the molecule is CN1CN(C)C2COCC21. The summed E-state index contributed by atoms with van der Waals surface area (Å²) < 4.78 is 5.37. The molecule has 2 aliphatic rings. The Morgan fingerprint density at radius 1 is 1.10 bits per heavy atom. The normalized spacial score (nSPS) is 42.6. The minimum atomic E-state index is 0.657. The van der Waals surface area contributed by atoms with E-state index in [1.54, 1.807) is 0 Å². The summed E-state index contributed by atoms with van der Waals surface area (Å²) in [6, 6.07) is 1.31. The van der Waals surface area contributed by atoms with Gasteiger partial charge in [-0.15, -0.1) is 0 Å². The van der Waals surface area contributed by atoms with Crippen LogP contribution >= 0.6 is 0 Å². The highest BCUT2D eigenvalue weighted by Crippen LogP contribution is 2.22. The predicted molar refractivity (Wildman–Crippen MR) is 38.8 cm³/mol. The minimum Gasteiger partial charge on any atom is -0.378 e. The van der Waals surface area contributed by atoms with Crippen LogP contribution in [-0.2, 0) is 4.74 Å². The largest absolute Gasteiger partial charge is 0.378 e. The molecular formula is C7H14N2O. The van der Waals surface area contributed by atoms with Crippen molar-refractivity contribution < 1.29 is 4.74 Å². The summed E-state index contributed by atoms with van der Waals surface area (Å²) >= 11 is 0. The molecule has 2 rings (SSSR count). The van der Waals surface area contributed by atoms with Gasteiger partial charge in [-0.2, -0.15) is 0 Å². The van der Waals surface area contributed by atoms with Gasteiger partial charge in [-0.1, -0.05) is 0 Å². The maximum absolute atomic E-state index is 5.37. The van der Waals surface area contributed by atoms with Crippen LogP contribution in [0.25, 0.3) is 0 Å². The standard InChI is InChI=1S/C7H14N2O/c1-8-5-9(2)7-4-10-3-6(7)8/h6-7H,3-5H2,1-2H3. The van der Waals surface area contributed by atoms with Crippen molar-refractivity contribution >= 4 is 0 Å². The van der Waals surface area contributed by atoms with Gasteiger partial charge >= 0.3 is 0 Å². The van der Waals surface area contributed by atoms with Crippen molar-refractivity contribution in [2.45, 2.75) is 12.1 Å². The Kier molecular flexibility index (Phi) is 1.44. The average molecular weight is 142 g/mol. The number of hydrogen-bond acceptors (Lipinski definition) is 3. The molecular weight excluding hydrogens is 128 g/mol. The molecule has 0 aromatic heterocycles. The third-order valence-electron chi connectivity index (χ3n) is 2.60. The third-order valence-corrected chi connectivity index (χ3v) is 2.60. The van der Waals surface area contributed by atoms with Gasteiger partial charge in [0.05, 0.1) is 32.0 Å². The van der Waals surface area contributed by atoms with Crippen molar-refractivity contribution in [3.8, 4) is 0 Å². The summed E-state index contributed by atoms with van der Waals surface area (Å²) in [4.78, 5) is 4.72. The van der Waals surface area contributed by atoms with Crippen molar-refractivity contribution in [1.82, 2.24) is 9.80 Å². The van der Waals surface area contributed by atoms with E-state index in [0.717, 1.165) is 19.9 Å². The Hall–Kier alpha value is -0.120. The van der Waals surface area contributed by atoms with E-state index in [2.05, 4.69) is 23.9 Å². The molecule has 0 spiro atoms. The topological polar surface area (TPSA) is 15.7 Å². The molecule has 0 amide bonds. The lowest BCUT2D eigenvalue weighted by molar-refractivity contribution is 0.127. The van der Waals surface area contributed by atoms with E-state index in [0.29, 0.717) is 12.1 Å². The van der Waals surface area contributed by atoms with Gasteiger partial charge in [0, 0.05) is 0 Å². The Labute approximate surface area is 61.6 Å². The molecule has 0 aromatic rings. The van der Waals surface area contributed by atoms with Gasteiger partial charge in [0.1, 0.15) is 0 Å². The van der Waals surface area contributed by atoms with Crippen LogP contribution in [-0.4, -0.2) is 55.9 Å². The zero-order valence-corrected chi connectivity index (χ0v) is 6.58. The molecule has 3 nitrogen and oxygen atoms in total. The summed E-state index contributed by atoms with van der Waals surface area (Å²) in [6.45, 7) is 2.94. The summed E-state index contributed by atoms with van der Waals surface area (Å²) in [5.41, 5.74) is 0. The van der Waals surface area contributed by atoms with Crippen molar-refractivity contribution in [2.24, 2.45) is 0 Å². The molecule has 2 heterocycles. The first-order chi connectivity index (χ1) is 4.79. The van der Waals surface area contributed by atoms with Crippen molar-refractivity contribution in [3.05, 3.63) is 0 Å². The molecule has 2 atom stereocenters.